The minimum absolute atomic E-state index is 0.112. The van der Waals surface area contributed by atoms with E-state index in [0.29, 0.717) is 31.5 Å². The van der Waals surface area contributed by atoms with Crippen LogP contribution in [-0.2, 0) is 20.7 Å². The maximum absolute atomic E-state index is 13.8. The quantitative estimate of drug-likeness (QED) is 0.201. The zero-order valence-corrected chi connectivity index (χ0v) is 28.9. The van der Waals surface area contributed by atoms with Crippen molar-refractivity contribution in [2.24, 2.45) is 16.8 Å². The summed E-state index contributed by atoms with van der Waals surface area (Å²) in [4.78, 5) is 43.7. The summed E-state index contributed by atoms with van der Waals surface area (Å²) < 4.78 is 5.35. The second-order valence-corrected chi connectivity index (χ2v) is 13.8. The van der Waals surface area contributed by atoms with Gasteiger partial charge in [-0.15, -0.1) is 0 Å². The van der Waals surface area contributed by atoms with Gasteiger partial charge in [0, 0.05) is 37.3 Å². The fourth-order valence-corrected chi connectivity index (χ4v) is 6.06. The molecule has 250 valence electrons. The molecule has 0 heterocycles. The number of nitrogens with one attached hydrogen (secondary N) is 3. The fraction of sp³-hybridized carbons (Fsp3) is 0.436. The number of aryl methyl sites for hydroxylation is 2. The highest BCUT2D eigenvalue weighted by molar-refractivity contribution is 6.00. The molecule has 1 saturated carbocycles. The van der Waals surface area contributed by atoms with Gasteiger partial charge in [-0.05, 0) is 113 Å². The summed E-state index contributed by atoms with van der Waals surface area (Å²) in [5.41, 5.74) is 7.58. The van der Waals surface area contributed by atoms with Gasteiger partial charge in [0.15, 0.2) is 0 Å². The molecule has 3 aromatic rings. The number of amides is 3. The van der Waals surface area contributed by atoms with Gasteiger partial charge >= 0.3 is 6.09 Å². The molecule has 1 atom stereocenters. The Morgan fingerprint density at radius 1 is 0.936 bits per heavy atom. The maximum Gasteiger partial charge on any atom is 0.407 e. The number of carbonyl (C=O) groups excluding carboxylic acids is 3. The summed E-state index contributed by atoms with van der Waals surface area (Å²) in [5, 5.41) is 8.99. The van der Waals surface area contributed by atoms with Crippen LogP contribution < -0.4 is 16.0 Å². The molecule has 3 aromatic carbocycles. The lowest BCUT2D eigenvalue weighted by atomic mass is 9.81. The zero-order chi connectivity index (χ0) is 34.1. The lowest BCUT2D eigenvalue weighted by Crippen LogP contribution is -2.48. The average molecular weight is 639 g/mol. The molecular formula is C39H50N4O4. The Balaban J connectivity index is 1.45. The number of hydrogen-bond acceptors (Lipinski definition) is 5. The van der Waals surface area contributed by atoms with E-state index in [1.807, 2.05) is 64.1 Å². The number of aliphatic imine (C=N–C) groups is 1. The van der Waals surface area contributed by atoms with Crippen LogP contribution in [0.3, 0.4) is 0 Å². The van der Waals surface area contributed by atoms with Crippen LogP contribution >= 0.6 is 0 Å². The van der Waals surface area contributed by atoms with Crippen molar-refractivity contribution in [3.63, 3.8) is 0 Å². The highest BCUT2D eigenvalue weighted by atomic mass is 16.6. The number of anilines is 1. The van der Waals surface area contributed by atoms with Gasteiger partial charge in [-0.2, -0.15) is 0 Å². The van der Waals surface area contributed by atoms with Gasteiger partial charge in [0.2, 0.25) is 11.8 Å². The molecular weight excluding hydrogens is 588 g/mol. The number of rotatable bonds is 10. The van der Waals surface area contributed by atoms with E-state index in [2.05, 4.69) is 65.1 Å². The summed E-state index contributed by atoms with van der Waals surface area (Å²) in [7, 11) is 1.75. The Labute approximate surface area is 279 Å². The molecule has 0 saturated heterocycles. The van der Waals surface area contributed by atoms with Crippen LogP contribution in [0.25, 0.3) is 11.1 Å². The Morgan fingerprint density at radius 3 is 2.28 bits per heavy atom. The summed E-state index contributed by atoms with van der Waals surface area (Å²) in [6.45, 7) is 12.2. The van der Waals surface area contributed by atoms with Crippen LogP contribution in [0.1, 0.15) is 75.6 Å². The number of carbonyl (C=O) groups is 3. The number of ether oxygens (including phenoxy) is 1. The molecule has 47 heavy (non-hydrogen) atoms. The van der Waals surface area contributed by atoms with Crippen LogP contribution in [0.2, 0.25) is 0 Å². The Morgan fingerprint density at radius 2 is 1.64 bits per heavy atom. The van der Waals surface area contributed by atoms with E-state index >= 15 is 0 Å². The first kappa shape index (κ1) is 35.4. The Hall–Kier alpha value is -4.46. The molecule has 0 aliphatic heterocycles. The second kappa shape index (κ2) is 15.9. The standard InChI is InChI=1S/C39H50N4O4/c1-25-11-20-34(26(2)21-25)32-10-8-9-29(22-32)23-35(37(45)42-33-18-16-30(17-19-33)27(3)40-7)43-36(44)31-14-12-28(13-15-31)24-41-38(46)47-39(4,5)6/h8-11,16-22,28,31,35H,12-15,23-24H2,1-7H3,(H,41,46)(H,42,45)(H,43,44)/t28?,31?,35-/m0/s1. The van der Waals surface area contributed by atoms with Gasteiger partial charge in [-0.25, -0.2) is 4.79 Å². The fourth-order valence-electron chi connectivity index (χ4n) is 6.06. The van der Waals surface area contributed by atoms with Crippen molar-refractivity contribution in [2.75, 3.05) is 18.9 Å². The third-order valence-electron chi connectivity index (χ3n) is 8.75. The zero-order valence-electron chi connectivity index (χ0n) is 28.9. The number of benzene rings is 3. The topological polar surface area (TPSA) is 109 Å². The van der Waals surface area contributed by atoms with Gasteiger partial charge in [0.05, 0.1) is 0 Å². The van der Waals surface area contributed by atoms with Crippen molar-refractivity contribution in [1.29, 1.82) is 0 Å². The molecule has 0 spiro atoms. The molecule has 1 aliphatic rings. The largest absolute Gasteiger partial charge is 0.444 e. The first-order valence-corrected chi connectivity index (χ1v) is 16.6. The van der Waals surface area contributed by atoms with E-state index in [1.54, 1.807) is 7.05 Å². The monoisotopic (exact) mass is 638 g/mol. The third-order valence-corrected chi connectivity index (χ3v) is 8.75. The van der Waals surface area contributed by atoms with E-state index < -0.39 is 17.7 Å². The third kappa shape index (κ3) is 10.5. The van der Waals surface area contributed by atoms with E-state index in [-0.39, 0.29) is 23.7 Å². The SMILES string of the molecule is CN=C(C)c1ccc(NC(=O)[C@H](Cc2cccc(-c3ccc(C)cc3C)c2)NC(=O)C2CCC(CNC(=O)OC(C)(C)C)CC2)cc1. The first-order chi connectivity index (χ1) is 22.3. The summed E-state index contributed by atoms with van der Waals surface area (Å²) in [5.74, 6) is -0.290. The summed E-state index contributed by atoms with van der Waals surface area (Å²) >= 11 is 0. The molecule has 0 bridgehead atoms. The van der Waals surface area contributed by atoms with Gasteiger partial charge in [-0.1, -0.05) is 60.2 Å². The van der Waals surface area contributed by atoms with E-state index in [1.165, 1.54) is 11.1 Å². The molecule has 3 amide bonds. The Bertz CT molecular complexity index is 1580. The van der Waals surface area contributed by atoms with Crippen LogP contribution in [0, 0.1) is 25.7 Å². The lowest BCUT2D eigenvalue weighted by molar-refractivity contribution is -0.130. The van der Waals surface area contributed by atoms with Crippen LogP contribution in [0.4, 0.5) is 10.5 Å². The smallest absolute Gasteiger partial charge is 0.407 e. The summed E-state index contributed by atoms with van der Waals surface area (Å²) in [6, 6.07) is 21.4. The Kier molecular flexibility index (Phi) is 12.0. The molecule has 8 heteroatoms. The minimum Gasteiger partial charge on any atom is -0.444 e. The second-order valence-electron chi connectivity index (χ2n) is 13.8. The lowest BCUT2D eigenvalue weighted by Gasteiger charge is -2.29. The maximum atomic E-state index is 13.8. The van der Waals surface area contributed by atoms with Gasteiger partial charge < -0.3 is 20.7 Å². The number of nitrogens with zero attached hydrogens (tertiary/aromatic N) is 1. The molecule has 3 N–H and O–H groups in total. The van der Waals surface area contributed by atoms with Crippen LogP contribution in [-0.4, -0.2) is 48.9 Å². The molecule has 0 unspecified atom stereocenters. The van der Waals surface area contributed by atoms with E-state index in [9.17, 15) is 14.4 Å². The average Bonchev–Trinajstić information content (AvgIpc) is 3.03. The van der Waals surface area contributed by atoms with Crippen LogP contribution in [0.15, 0.2) is 71.7 Å². The van der Waals surface area contributed by atoms with Gasteiger partial charge in [-0.3, -0.25) is 14.6 Å². The van der Waals surface area contributed by atoms with Crippen molar-refractivity contribution in [3.8, 4) is 11.1 Å². The minimum atomic E-state index is -0.762. The molecule has 1 aliphatic carbocycles. The number of hydrogen-bond donors (Lipinski definition) is 3. The van der Waals surface area contributed by atoms with Crippen molar-refractivity contribution in [3.05, 3.63) is 89.0 Å². The predicted molar refractivity (Wildman–Crippen MR) is 190 cm³/mol. The van der Waals surface area contributed by atoms with Crippen molar-refractivity contribution < 1.29 is 19.1 Å². The molecule has 0 radical (unpaired) electrons. The molecule has 8 nitrogen and oxygen atoms in total. The van der Waals surface area contributed by atoms with Gasteiger partial charge in [0.25, 0.3) is 0 Å². The normalized spacial score (nSPS) is 17.4. The predicted octanol–water partition coefficient (Wildman–Crippen LogP) is 7.41. The molecule has 4 rings (SSSR count). The number of alkyl carbamates (subject to hydrolysis) is 1. The van der Waals surface area contributed by atoms with Crippen molar-refractivity contribution >= 4 is 29.3 Å². The molecule has 0 aromatic heterocycles. The van der Waals surface area contributed by atoms with E-state index in [4.69, 9.17) is 4.74 Å². The molecule has 1 fully saturated rings. The highest BCUT2D eigenvalue weighted by Gasteiger charge is 2.30. The van der Waals surface area contributed by atoms with Crippen LogP contribution in [0.5, 0.6) is 0 Å². The van der Waals surface area contributed by atoms with Gasteiger partial charge in [0.1, 0.15) is 11.6 Å². The van der Waals surface area contributed by atoms with E-state index in [0.717, 1.165) is 40.8 Å². The van der Waals surface area contributed by atoms with Crippen molar-refractivity contribution in [1.82, 2.24) is 10.6 Å². The highest BCUT2D eigenvalue weighted by Crippen LogP contribution is 2.29. The summed E-state index contributed by atoms with van der Waals surface area (Å²) in [6.07, 6.45) is 2.96. The first-order valence-electron chi connectivity index (χ1n) is 16.6. The van der Waals surface area contributed by atoms with Crippen molar-refractivity contribution in [2.45, 2.75) is 85.3 Å².